The van der Waals surface area contributed by atoms with Crippen LogP contribution in [0, 0.1) is 5.41 Å². The van der Waals surface area contributed by atoms with Crippen LogP contribution in [0.4, 0.5) is 5.69 Å². The highest BCUT2D eigenvalue weighted by molar-refractivity contribution is 5.54. The number of hydrogen-bond acceptors (Lipinski definition) is 3. The minimum Gasteiger partial charge on any atom is -0.508 e. The van der Waals surface area contributed by atoms with Gasteiger partial charge in [0.15, 0.2) is 0 Å². The third-order valence-corrected chi connectivity index (χ3v) is 3.41. The third-order valence-electron chi connectivity index (χ3n) is 3.41. The maximum Gasteiger partial charge on any atom is 0.122 e. The monoisotopic (exact) mass is 250 g/mol. The van der Waals surface area contributed by atoms with Gasteiger partial charge in [-0.3, -0.25) is 0 Å². The Morgan fingerprint density at radius 1 is 1.22 bits per heavy atom. The van der Waals surface area contributed by atoms with E-state index in [1.807, 2.05) is 18.2 Å². The van der Waals surface area contributed by atoms with Crippen LogP contribution in [0.5, 0.6) is 5.75 Å². The first-order valence-corrected chi connectivity index (χ1v) is 6.64. The Morgan fingerprint density at radius 2 is 1.78 bits per heavy atom. The molecular weight excluding hydrogens is 224 g/mol. The van der Waals surface area contributed by atoms with Crippen molar-refractivity contribution in [2.24, 2.45) is 11.1 Å². The van der Waals surface area contributed by atoms with Crippen LogP contribution < -0.4 is 10.6 Å². The number of aromatic hydroxyl groups is 1. The lowest BCUT2D eigenvalue weighted by atomic mass is 9.82. The molecular formula is C15H26N2O. The van der Waals surface area contributed by atoms with Crippen LogP contribution in [0.1, 0.15) is 46.2 Å². The molecule has 0 saturated heterocycles. The van der Waals surface area contributed by atoms with E-state index in [-0.39, 0.29) is 11.5 Å². The quantitative estimate of drug-likeness (QED) is 0.862. The van der Waals surface area contributed by atoms with Gasteiger partial charge < -0.3 is 15.7 Å². The molecule has 1 rings (SSSR count). The minimum absolute atomic E-state index is 0.0613. The Hall–Kier alpha value is -1.22. The zero-order valence-electron chi connectivity index (χ0n) is 12.2. The Morgan fingerprint density at radius 3 is 2.17 bits per heavy atom. The summed E-state index contributed by atoms with van der Waals surface area (Å²) >= 11 is 0. The summed E-state index contributed by atoms with van der Waals surface area (Å²) in [5.41, 5.74) is 7.99. The van der Waals surface area contributed by atoms with Gasteiger partial charge >= 0.3 is 0 Å². The summed E-state index contributed by atoms with van der Waals surface area (Å²) in [6.45, 7) is 12.3. The molecule has 1 atom stereocenters. The van der Waals surface area contributed by atoms with Crippen LogP contribution in [0.25, 0.3) is 0 Å². The van der Waals surface area contributed by atoms with Gasteiger partial charge in [-0.15, -0.1) is 0 Å². The molecule has 0 bridgehead atoms. The van der Waals surface area contributed by atoms with Gasteiger partial charge in [0.05, 0.1) is 0 Å². The summed E-state index contributed by atoms with van der Waals surface area (Å²) in [4.78, 5) is 2.20. The lowest BCUT2D eigenvalue weighted by Crippen LogP contribution is -2.26. The molecule has 0 fully saturated rings. The molecule has 0 aliphatic heterocycles. The van der Waals surface area contributed by atoms with Gasteiger partial charge in [-0.2, -0.15) is 0 Å². The highest BCUT2D eigenvalue weighted by Gasteiger charge is 2.24. The number of anilines is 1. The molecule has 0 spiro atoms. The zero-order chi connectivity index (χ0) is 13.9. The molecule has 0 aliphatic rings. The number of phenols is 1. The molecule has 0 saturated carbocycles. The van der Waals surface area contributed by atoms with Crippen LogP contribution in [0.3, 0.4) is 0 Å². The van der Waals surface area contributed by atoms with Gasteiger partial charge in [0.1, 0.15) is 5.75 Å². The van der Waals surface area contributed by atoms with Crippen LogP contribution in [0.2, 0.25) is 0 Å². The molecule has 0 aliphatic carbocycles. The summed E-state index contributed by atoms with van der Waals surface area (Å²) in [6.07, 6.45) is 0. The van der Waals surface area contributed by atoms with Crippen molar-refractivity contribution in [2.75, 3.05) is 18.0 Å². The molecule has 1 aromatic rings. The second kappa shape index (κ2) is 5.61. The van der Waals surface area contributed by atoms with E-state index >= 15 is 0 Å². The SMILES string of the molecule is CCN(CC)c1ccc([C@@H](N)C(C)(C)C)c(O)c1. The average molecular weight is 250 g/mol. The average Bonchev–Trinajstić information content (AvgIpc) is 2.29. The molecule has 0 aromatic heterocycles. The van der Waals surface area contributed by atoms with Crippen molar-refractivity contribution in [1.82, 2.24) is 0 Å². The second-order valence-electron chi connectivity index (χ2n) is 5.76. The maximum absolute atomic E-state index is 10.2. The molecule has 0 amide bonds. The topological polar surface area (TPSA) is 49.5 Å². The normalized spacial score (nSPS) is 13.4. The van der Waals surface area contributed by atoms with Crippen molar-refractivity contribution < 1.29 is 5.11 Å². The van der Waals surface area contributed by atoms with Gasteiger partial charge in [0.2, 0.25) is 0 Å². The Kier molecular flexibility index (Phi) is 4.63. The number of rotatable bonds is 4. The van der Waals surface area contributed by atoms with Gasteiger partial charge in [0, 0.05) is 36.4 Å². The smallest absolute Gasteiger partial charge is 0.122 e. The Bertz CT molecular complexity index is 392. The van der Waals surface area contributed by atoms with Gasteiger partial charge in [-0.1, -0.05) is 26.8 Å². The van der Waals surface area contributed by atoms with Gasteiger partial charge in [-0.05, 0) is 25.3 Å². The Labute approximate surface area is 111 Å². The molecule has 102 valence electrons. The summed E-state index contributed by atoms with van der Waals surface area (Å²) in [7, 11) is 0. The molecule has 3 heteroatoms. The van der Waals surface area contributed by atoms with Crippen molar-refractivity contribution in [2.45, 2.75) is 40.7 Å². The Balaban J connectivity index is 3.07. The lowest BCUT2D eigenvalue weighted by molar-refractivity contribution is 0.318. The van der Waals surface area contributed by atoms with E-state index in [2.05, 4.69) is 39.5 Å². The van der Waals surface area contributed by atoms with Crippen molar-refractivity contribution in [3.63, 3.8) is 0 Å². The minimum atomic E-state index is -0.164. The van der Waals surface area contributed by atoms with Crippen LogP contribution in [0.15, 0.2) is 18.2 Å². The van der Waals surface area contributed by atoms with Crippen molar-refractivity contribution in [3.8, 4) is 5.75 Å². The predicted octanol–water partition coefficient (Wildman–Crippen LogP) is 3.28. The fraction of sp³-hybridized carbons (Fsp3) is 0.600. The van der Waals surface area contributed by atoms with E-state index in [9.17, 15) is 5.11 Å². The lowest BCUT2D eigenvalue weighted by Gasteiger charge is -2.29. The molecule has 0 heterocycles. The number of nitrogens with zero attached hydrogens (tertiary/aromatic N) is 1. The maximum atomic E-state index is 10.2. The van der Waals surface area contributed by atoms with E-state index < -0.39 is 0 Å². The first-order valence-electron chi connectivity index (χ1n) is 6.64. The number of hydrogen-bond donors (Lipinski definition) is 2. The van der Waals surface area contributed by atoms with Crippen LogP contribution in [-0.2, 0) is 0 Å². The largest absolute Gasteiger partial charge is 0.508 e. The van der Waals surface area contributed by atoms with E-state index in [4.69, 9.17) is 5.73 Å². The predicted molar refractivity (Wildman–Crippen MR) is 78.1 cm³/mol. The van der Waals surface area contributed by atoms with E-state index in [1.54, 1.807) is 0 Å². The number of nitrogens with two attached hydrogens (primary N) is 1. The van der Waals surface area contributed by atoms with Crippen molar-refractivity contribution in [1.29, 1.82) is 0 Å². The van der Waals surface area contributed by atoms with E-state index in [1.165, 1.54) is 0 Å². The zero-order valence-corrected chi connectivity index (χ0v) is 12.2. The molecule has 3 nitrogen and oxygen atoms in total. The summed E-state index contributed by atoms with van der Waals surface area (Å²) in [5.74, 6) is 0.293. The fourth-order valence-corrected chi connectivity index (χ4v) is 2.05. The number of phenolic OH excluding ortho intramolecular Hbond substituents is 1. The molecule has 3 N–H and O–H groups in total. The molecule has 0 unspecified atom stereocenters. The standard InChI is InChI=1S/C15H26N2O/c1-6-17(7-2)11-8-9-12(13(18)10-11)14(16)15(3,4)5/h8-10,14,18H,6-7,16H2,1-5H3/t14-/m1/s1. The first kappa shape index (κ1) is 14.8. The number of benzene rings is 1. The van der Waals surface area contributed by atoms with Crippen molar-refractivity contribution >= 4 is 5.69 Å². The highest BCUT2D eigenvalue weighted by atomic mass is 16.3. The molecule has 18 heavy (non-hydrogen) atoms. The second-order valence-corrected chi connectivity index (χ2v) is 5.76. The molecule has 1 aromatic carbocycles. The van der Waals surface area contributed by atoms with Crippen molar-refractivity contribution in [3.05, 3.63) is 23.8 Å². The molecule has 0 radical (unpaired) electrons. The fourth-order valence-electron chi connectivity index (χ4n) is 2.05. The van der Waals surface area contributed by atoms with Crippen LogP contribution >= 0.6 is 0 Å². The summed E-state index contributed by atoms with van der Waals surface area (Å²) < 4.78 is 0. The van der Waals surface area contributed by atoms with Gasteiger partial charge in [-0.25, -0.2) is 0 Å². The van der Waals surface area contributed by atoms with E-state index in [0.29, 0.717) is 5.75 Å². The summed E-state index contributed by atoms with van der Waals surface area (Å²) in [6, 6.07) is 5.63. The van der Waals surface area contributed by atoms with Gasteiger partial charge in [0.25, 0.3) is 0 Å². The summed E-state index contributed by atoms with van der Waals surface area (Å²) in [5, 5.41) is 10.2. The first-order chi connectivity index (χ1) is 8.31. The third kappa shape index (κ3) is 3.16. The highest BCUT2D eigenvalue weighted by Crippen LogP contribution is 2.36. The van der Waals surface area contributed by atoms with E-state index in [0.717, 1.165) is 24.3 Å². The van der Waals surface area contributed by atoms with Crippen LogP contribution in [-0.4, -0.2) is 18.2 Å².